The van der Waals surface area contributed by atoms with Gasteiger partial charge >= 0.3 is 0 Å². The molecule has 0 amide bonds. The van der Waals surface area contributed by atoms with E-state index in [9.17, 15) is 10.2 Å². The van der Waals surface area contributed by atoms with Gasteiger partial charge in [-0.05, 0) is 0 Å². The molecule has 0 radical (unpaired) electrons. The zero-order valence-corrected chi connectivity index (χ0v) is 11.5. The number of hydrogen-bond acceptors (Lipinski definition) is 6. The molecule has 2 aromatic rings. The van der Waals surface area contributed by atoms with Crippen LogP contribution in [0.15, 0.2) is 12.4 Å². The lowest BCUT2D eigenvalue weighted by molar-refractivity contribution is -0.0508. The van der Waals surface area contributed by atoms with Crippen molar-refractivity contribution < 1.29 is 20.1 Å². The second-order valence-electron chi connectivity index (χ2n) is 4.48. The number of nitrogens with zero attached hydrogens (tertiary/aromatic N) is 3. The smallest absolute Gasteiger partial charge is 0.164 e. The van der Waals surface area contributed by atoms with Crippen LogP contribution in [0.3, 0.4) is 0 Å². The molecule has 9 heteroatoms. The van der Waals surface area contributed by atoms with Gasteiger partial charge in [0.1, 0.15) is 29.0 Å². The first-order chi connectivity index (χ1) is 9.52. The monoisotopic (exact) mass is 319 g/mol. The van der Waals surface area contributed by atoms with E-state index in [0.29, 0.717) is 11.0 Å². The van der Waals surface area contributed by atoms with Crippen molar-refractivity contribution in [1.82, 2.24) is 14.5 Å². The molecule has 4 atom stereocenters. The summed E-state index contributed by atoms with van der Waals surface area (Å²) in [5.74, 6) is 0. The number of imidazole rings is 1. The summed E-state index contributed by atoms with van der Waals surface area (Å²) in [5.41, 5.74) is 0.929. The van der Waals surface area contributed by atoms with Crippen molar-refractivity contribution in [2.45, 2.75) is 24.5 Å². The molecule has 0 aromatic carbocycles. The van der Waals surface area contributed by atoms with E-state index in [1.807, 2.05) is 0 Å². The van der Waals surface area contributed by atoms with Gasteiger partial charge in [0, 0.05) is 6.07 Å². The van der Waals surface area contributed by atoms with Crippen LogP contribution in [0.1, 0.15) is 6.23 Å². The second-order valence-corrected chi connectivity index (χ2v) is 5.23. The van der Waals surface area contributed by atoms with E-state index in [1.54, 1.807) is 0 Å². The zero-order chi connectivity index (χ0) is 14.4. The Morgan fingerprint density at radius 3 is 2.70 bits per heavy atom. The van der Waals surface area contributed by atoms with Gasteiger partial charge in [0.25, 0.3) is 0 Å². The molecule has 1 aliphatic heterocycles. The van der Waals surface area contributed by atoms with Crippen molar-refractivity contribution in [2.24, 2.45) is 0 Å². The molecule has 0 unspecified atom stereocenters. The first kappa shape index (κ1) is 14.0. The van der Waals surface area contributed by atoms with E-state index in [-0.39, 0.29) is 10.3 Å². The number of rotatable bonds is 2. The molecule has 7 nitrogen and oxygen atoms in total. The number of hydrogen-bond donors (Lipinski definition) is 3. The van der Waals surface area contributed by atoms with Crippen molar-refractivity contribution in [3.05, 3.63) is 22.7 Å². The molecule has 108 valence electrons. The Balaban J connectivity index is 2.07. The number of fused-ring (bicyclic) bond motifs is 1. The number of halogens is 2. The summed E-state index contributed by atoms with van der Waals surface area (Å²) in [6, 6.07) is 1.53. The molecular formula is C11H11Cl2N3O4. The highest BCUT2D eigenvalue weighted by Crippen LogP contribution is 2.33. The highest BCUT2D eigenvalue weighted by molar-refractivity contribution is 6.36. The Hall–Kier alpha value is -0.960. The van der Waals surface area contributed by atoms with Crippen molar-refractivity contribution in [2.75, 3.05) is 6.61 Å². The van der Waals surface area contributed by atoms with Crippen molar-refractivity contribution in [1.29, 1.82) is 0 Å². The Kier molecular flexibility index (Phi) is 3.57. The average Bonchev–Trinajstić information content (AvgIpc) is 2.93. The summed E-state index contributed by atoms with van der Waals surface area (Å²) in [5, 5.41) is 29.2. The summed E-state index contributed by atoms with van der Waals surface area (Å²) in [7, 11) is 0. The summed E-state index contributed by atoms with van der Waals surface area (Å²) >= 11 is 11.8. The van der Waals surface area contributed by atoms with Crippen molar-refractivity contribution in [3.8, 4) is 0 Å². The highest BCUT2D eigenvalue weighted by atomic mass is 35.5. The first-order valence-electron chi connectivity index (χ1n) is 5.84. The number of pyridine rings is 1. The zero-order valence-electron chi connectivity index (χ0n) is 10.0. The van der Waals surface area contributed by atoms with Gasteiger partial charge in [-0.3, -0.25) is 0 Å². The Labute approximate surface area is 123 Å². The fraction of sp³-hybridized carbons (Fsp3) is 0.455. The molecule has 20 heavy (non-hydrogen) atoms. The van der Waals surface area contributed by atoms with Crippen molar-refractivity contribution in [3.63, 3.8) is 0 Å². The van der Waals surface area contributed by atoms with Gasteiger partial charge < -0.3 is 24.6 Å². The predicted molar refractivity (Wildman–Crippen MR) is 70.6 cm³/mol. The molecule has 1 saturated heterocycles. The van der Waals surface area contributed by atoms with E-state index >= 15 is 0 Å². The van der Waals surface area contributed by atoms with Crippen LogP contribution < -0.4 is 0 Å². The summed E-state index contributed by atoms with van der Waals surface area (Å²) < 4.78 is 6.93. The van der Waals surface area contributed by atoms with E-state index in [0.717, 1.165) is 0 Å². The number of ether oxygens (including phenoxy) is 1. The predicted octanol–water partition coefficient (Wildman–Crippen LogP) is 0.350. The third-order valence-corrected chi connectivity index (χ3v) is 3.74. The van der Waals surface area contributed by atoms with Crippen LogP contribution >= 0.6 is 23.2 Å². The maximum atomic E-state index is 10.0. The van der Waals surface area contributed by atoms with Crippen LogP contribution in [0.4, 0.5) is 0 Å². The van der Waals surface area contributed by atoms with Gasteiger partial charge in [0.05, 0.1) is 18.5 Å². The molecule has 3 N–H and O–H groups in total. The maximum Gasteiger partial charge on any atom is 0.164 e. The van der Waals surface area contributed by atoms with Gasteiger partial charge in [0.15, 0.2) is 11.4 Å². The topological polar surface area (TPSA) is 101 Å². The second kappa shape index (κ2) is 5.10. The lowest BCUT2D eigenvalue weighted by Gasteiger charge is -2.17. The van der Waals surface area contributed by atoms with Crippen molar-refractivity contribution >= 4 is 34.2 Å². The third kappa shape index (κ3) is 2.07. The number of aliphatic hydroxyl groups is 3. The van der Waals surface area contributed by atoms with Crippen LogP contribution in [0.5, 0.6) is 0 Å². The van der Waals surface area contributed by atoms with Crippen LogP contribution in [0, 0.1) is 0 Å². The SMILES string of the molecule is OC[C@H]1O[C@H](n2cnc3c(Cl)nc(Cl)cc32)[C@H](O)[C@@H]1O. The fourth-order valence-corrected chi connectivity index (χ4v) is 2.74. The molecule has 3 heterocycles. The van der Waals surface area contributed by atoms with Crippen LogP contribution in [0.25, 0.3) is 11.0 Å². The summed E-state index contributed by atoms with van der Waals surface area (Å²) in [6.45, 7) is -0.398. The minimum absolute atomic E-state index is 0.137. The average molecular weight is 320 g/mol. The Morgan fingerprint density at radius 2 is 2.05 bits per heavy atom. The maximum absolute atomic E-state index is 10.0. The molecule has 0 saturated carbocycles. The molecule has 2 aromatic heterocycles. The number of aromatic nitrogens is 3. The molecular weight excluding hydrogens is 309 g/mol. The minimum atomic E-state index is -1.20. The van der Waals surface area contributed by atoms with E-state index in [2.05, 4.69) is 9.97 Å². The third-order valence-electron chi connectivity index (χ3n) is 3.28. The molecule has 0 aliphatic carbocycles. The Bertz CT molecular complexity index is 650. The number of aliphatic hydroxyl groups excluding tert-OH is 3. The molecule has 1 aliphatic rings. The molecule has 0 bridgehead atoms. The van der Waals surface area contributed by atoms with E-state index < -0.39 is 31.1 Å². The quantitative estimate of drug-likeness (QED) is 0.690. The fourth-order valence-electron chi connectivity index (χ4n) is 2.28. The normalized spacial score (nSPS) is 30.2. The molecule has 3 rings (SSSR count). The molecule has 0 spiro atoms. The minimum Gasteiger partial charge on any atom is -0.394 e. The highest BCUT2D eigenvalue weighted by Gasteiger charge is 2.43. The van der Waals surface area contributed by atoms with Gasteiger partial charge in [-0.25, -0.2) is 9.97 Å². The summed E-state index contributed by atoms with van der Waals surface area (Å²) in [6.07, 6.45) is -2.72. The van der Waals surface area contributed by atoms with Crippen LogP contribution in [0.2, 0.25) is 10.3 Å². The lowest BCUT2D eigenvalue weighted by atomic mass is 10.1. The van der Waals surface area contributed by atoms with Gasteiger partial charge in [-0.1, -0.05) is 23.2 Å². The van der Waals surface area contributed by atoms with E-state index in [4.69, 9.17) is 33.0 Å². The van der Waals surface area contributed by atoms with Crippen LogP contribution in [-0.4, -0.2) is 54.8 Å². The first-order valence-corrected chi connectivity index (χ1v) is 6.59. The molecule has 1 fully saturated rings. The summed E-state index contributed by atoms with van der Waals surface area (Å²) in [4.78, 5) is 7.96. The van der Waals surface area contributed by atoms with Gasteiger partial charge in [0.2, 0.25) is 0 Å². The van der Waals surface area contributed by atoms with Gasteiger partial charge in [-0.2, -0.15) is 0 Å². The Morgan fingerprint density at radius 1 is 1.30 bits per heavy atom. The largest absolute Gasteiger partial charge is 0.394 e. The van der Waals surface area contributed by atoms with Gasteiger partial charge in [-0.15, -0.1) is 0 Å². The standard InChI is InChI=1S/C11H11Cl2N3O4/c12-6-1-4-7(10(13)15-6)14-3-16(4)11-9(19)8(18)5(2-17)20-11/h1,3,5,8-9,11,17-19H,2H2/t5-,8-,9-,11+/m1/s1. The lowest BCUT2D eigenvalue weighted by Crippen LogP contribution is -2.33. The van der Waals surface area contributed by atoms with E-state index in [1.165, 1.54) is 17.0 Å². The van der Waals surface area contributed by atoms with Crippen LogP contribution in [-0.2, 0) is 4.74 Å².